The second-order valence-corrected chi connectivity index (χ2v) is 7.11. The summed E-state index contributed by atoms with van der Waals surface area (Å²) in [4.78, 5) is 21.0. The van der Waals surface area contributed by atoms with Crippen LogP contribution in [0.1, 0.15) is 21.7 Å². The standard InChI is InChI=1S/C13H12N4O6S/c18-13(19)12-10-5-6-16(7-11(10)14-15-12)24(22,23)9-3-1-8(2-4-9)17(20)21/h1-4H,5-7H2,(H,14,15)(H,18,19). The lowest BCUT2D eigenvalue weighted by molar-refractivity contribution is -0.384. The van der Waals surface area contributed by atoms with Gasteiger partial charge in [0, 0.05) is 24.2 Å². The van der Waals surface area contributed by atoms with Gasteiger partial charge >= 0.3 is 5.97 Å². The normalized spacial score (nSPS) is 15.0. The quantitative estimate of drug-likeness (QED) is 0.610. The number of benzene rings is 1. The largest absolute Gasteiger partial charge is 0.476 e. The average molecular weight is 352 g/mol. The summed E-state index contributed by atoms with van der Waals surface area (Å²) in [6, 6.07) is 4.61. The van der Waals surface area contributed by atoms with Crippen molar-refractivity contribution in [1.82, 2.24) is 14.5 Å². The zero-order chi connectivity index (χ0) is 17.5. The number of carboxylic acids is 1. The number of hydrogen-bond donors (Lipinski definition) is 2. The Hall–Kier alpha value is -2.79. The molecular formula is C13H12N4O6S. The molecule has 0 aliphatic carbocycles. The summed E-state index contributed by atoms with van der Waals surface area (Å²) in [5.41, 5.74) is 0.633. The van der Waals surface area contributed by atoms with E-state index in [0.29, 0.717) is 11.3 Å². The highest BCUT2D eigenvalue weighted by Crippen LogP contribution is 2.26. The first kappa shape index (κ1) is 16.1. The number of aromatic nitrogens is 2. The van der Waals surface area contributed by atoms with Crippen LogP contribution in [0.2, 0.25) is 0 Å². The van der Waals surface area contributed by atoms with Crippen LogP contribution >= 0.6 is 0 Å². The second kappa shape index (κ2) is 5.69. The van der Waals surface area contributed by atoms with Gasteiger partial charge in [0.15, 0.2) is 5.69 Å². The molecule has 126 valence electrons. The van der Waals surface area contributed by atoms with Gasteiger partial charge in [-0.05, 0) is 18.6 Å². The highest BCUT2D eigenvalue weighted by atomic mass is 32.2. The molecule has 0 saturated carbocycles. The van der Waals surface area contributed by atoms with Crippen LogP contribution in [0, 0.1) is 10.1 Å². The van der Waals surface area contributed by atoms with Gasteiger partial charge in [-0.25, -0.2) is 13.2 Å². The van der Waals surface area contributed by atoms with E-state index >= 15 is 0 Å². The van der Waals surface area contributed by atoms with Gasteiger partial charge in [-0.3, -0.25) is 15.2 Å². The predicted molar refractivity (Wildman–Crippen MR) is 79.9 cm³/mol. The first-order valence-corrected chi connectivity index (χ1v) is 8.28. The van der Waals surface area contributed by atoms with Crippen LogP contribution in [-0.2, 0) is 23.0 Å². The van der Waals surface area contributed by atoms with Gasteiger partial charge in [0.1, 0.15) is 0 Å². The summed E-state index contributed by atoms with van der Waals surface area (Å²) in [6.45, 7) is 0.0705. The van der Waals surface area contributed by atoms with E-state index in [1.54, 1.807) is 0 Å². The summed E-state index contributed by atoms with van der Waals surface area (Å²) in [7, 11) is -3.84. The van der Waals surface area contributed by atoms with Crippen molar-refractivity contribution in [3.8, 4) is 0 Å². The van der Waals surface area contributed by atoms with Crippen LogP contribution in [0.4, 0.5) is 5.69 Å². The lowest BCUT2D eigenvalue weighted by Gasteiger charge is -2.25. The molecule has 1 aromatic carbocycles. The van der Waals surface area contributed by atoms with E-state index in [1.165, 1.54) is 16.4 Å². The molecular weight excluding hydrogens is 340 g/mol. The Kier molecular flexibility index (Phi) is 3.81. The molecule has 11 heteroatoms. The molecule has 0 bridgehead atoms. The first-order chi connectivity index (χ1) is 11.3. The van der Waals surface area contributed by atoms with Crippen molar-refractivity contribution in [2.24, 2.45) is 0 Å². The molecule has 0 saturated heterocycles. The zero-order valence-corrected chi connectivity index (χ0v) is 13.0. The molecule has 2 aromatic rings. The Morgan fingerprint density at radius 3 is 2.58 bits per heavy atom. The predicted octanol–water partition coefficient (Wildman–Crippen LogP) is 0.763. The summed E-state index contributed by atoms with van der Waals surface area (Å²) in [6.07, 6.45) is 0.222. The molecule has 24 heavy (non-hydrogen) atoms. The van der Waals surface area contributed by atoms with Gasteiger partial charge in [0.2, 0.25) is 10.0 Å². The van der Waals surface area contributed by atoms with E-state index in [1.807, 2.05) is 0 Å². The van der Waals surface area contributed by atoms with Crippen molar-refractivity contribution in [2.45, 2.75) is 17.9 Å². The highest BCUT2D eigenvalue weighted by Gasteiger charge is 2.32. The third-order valence-electron chi connectivity index (χ3n) is 3.79. The molecule has 0 amide bonds. The number of rotatable bonds is 4. The number of nitrogens with one attached hydrogen (secondary N) is 1. The number of H-pyrrole nitrogens is 1. The maximum Gasteiger partial charge on any atom is 0.356 e. The molecule has 10 nitrogen and oxygen atoms in total. The van der Waals surface area contributed by atoms with Gasteiger partial charge in [-0.2, -0.15) is 9.40 Å². The fraction of sp³-hybridized carbons (Fsp3) is 0.231. The number of aromatic amines is 1. The number of aromatic carboxylic acids is 1. The first-order valence-electron chi connectivity index (χ1n) is 6.84. The highest BCUT2D eigenvalue weighted by molar-refractivity contribution is 7.89. The monoisotopic (exact) mass is 352 g/mol. The molecule has 0 spiro atoms. The van der Waals surface area contributed by atoms with Gasteiger partial charge in [-0.1, -0.05) is 0 Å². The van der Waals surface area contributed by atoms with E-state index in [-0.39, 0.29) is 35.8 Å². The minimum atomic E-state index is -3.84. The topological polar surface area (TPSA) is 146 Å². The van der Waals surface area contributed by atoms with Crippen molar-refractivity contribution in [2.75, 3.05) is 6.54 Å². The molecule has 3 rings (SSSR count). The Morgan fingerprint density at radius 2 is 2.00 bits per heavy atom. The van der Waals surface area contributed by atoms with Crippen LogP contribution in [0.3, 0.4) is 0 Å². The van der Waals surface area contributed by atoms with E-state index in [4.69, 9.17) is 5.11 Å². The number of sulfonamides is 1. The maximum absolute atomic E-state index is 12.6. The average Bonchev–Trinajstić information content (AvgIpc) is 2.98. The Balaban J connectivity index is 1.88. The molecule has 1 aliphatic heterocycles. The molecule has 1 aliphatic rings. The Labute approximate surface area is 135 Å². The molecule has 0 unspecified atom stereocenters. The Bertz CT molecular complexity index is 918. The summed E-state index contributed by atoms with van der Waals surface area (Å²) in [5.74, 6) is -1.17. The van der Waals surface area contributed by atoms with E-state index in [2.05, 4.69) is 10.2 Å². The second-order valence-electron chi connectivity index (χ2n) is 5.17. The molecule has 0 radical (unpaired) electrons. The van der Waals surface area contributed by atoms with Crippen LogP contribution < -0.4 is 0 Å². The minimum absolute atomic E-state index is 0.0328. The third-order valence-corrected chi connectivity index (χ3v) is 5.65. The molecule has 0 atom stereocenters. The maximum atomic E-state index is 12.6. The Morgan fingerprint density at radius 1 is 1.33 bits per heavy atom. The summed E-state index contributed by atoms with van der Waals surface area (Å²) < 4.78 is 26.4. The lowest BCUT2D eigenvalue weighted by Crippen LogP contribution is -2.36. The van der Waals surface area contributed by atoms with Crippen molar-refractivity contribution < 1.29 is 23.2 Å². The van der Waals surface area contributed by atoms with E-state index in [0.717, 1.165) is 12.1 Å². The summed E-state index contributed by atoms with van der Waals surface area (Å²) in [5, 5.41) is 25.9. The van der Waals surface area contributed by atoms with Crippen molar-refractivity contribution >= 4 is 21.7 Å². The van der Waals surface area contributed by atoms with Crippen LogP contribution in [0.15, 0.2) is 29.2 Å². The van der Waals surface area contributed by atoms with Gasteiger partial charge in [-0.15, -0.1) is 0 Å². The molecule has 2 N–H and O–H groups in total. The number of non-ortho nitro benzene ring substituents is 1. The fourth-order valence-electron chi connectivity index (χ4n) is 2.56. The van der Waals surface area contributed by atoms with Crippen molar-refractivity contribution in [3.05, 3.63) is 51.3 Å². The number of hydrogen-bond acceptors (Lipinski definition) is 6. The molecule has 1 aromatic heterocycles. The number of nitro groups is 1. The number of fused-ring (bicyclic) bond motifs is 1. The molecule has 2 heterocycles. The lowest BCUT2D eigenvalue weighted by atomic mass is 10.1. The van der Waals surface area contributed by atoms with Crippen LogP contribution in [-0.4, -0.2) is 45.5 Å². The summed E-state index contributed by atoms with van der Waals surface area (Å²) >= 11 is 0. The van der Waals surface area contributed by atoms with E-state index < -0.39 is 20.9 Å². The van der Waals surface area contributed by atoms with Gasteiger partial charge in [0.05, 0.1) is 22.1 Å². The van der Waals surface area contributed by atoms with Crippen LogP contribution in [0.25, 0.3) is 0 Å². The number of carboxylic acid groups (broad SMARTS) is 1. The van der Waals surface area contributed by atoms with Crippen molar-refractivity contribution in [3.63, 3.8) is 0 Å². The number of nitro benzene ring substituents is 1. The zero-order valence-electron chi connectivity index (χ0n) is 12.2. The van der Waals surface area contributed by atoms with Crippen molar-refractivity contribution in [1.29, 1.82) is 0 Å². The van der Waals surface area contributed by atoms with Crippen LogP contribution in [0.5, 0.6) is 0 Å². The van der Waals surface area contributed by atoms with E-state index in [9.17, 15) is 23.3 Å². The fourth-order valence-corrected chi connectivity index (χ4v) is 3.97. The smallest absolute Gasteiger partial charge is 0.356 e. The SMILES string of the molecule is O=C(O)c1n[nH]c2c1CCN(S(=O)(=O)c1ccc([N+](=O)[O-])cc1)C2. The minimum Gasteiger partial charge on any atom is -0.476 e. The number of carbonyl (C=O) groups is 1. The van der Waals surface area contributed by atoms with Gasteiger partial charge < -0.3 is 5.11 Å². The van der Waals surface area contributed by atoms with Gasteiger partial charge in [0.25, 0.3) is 5.69 Å². The third kappa shape index (κ3) is 2.63. The number of nitrogens with zero attached hydrogens (tertiary/aromatic N) is 3. The molecule has 0 fully saturated rings.